The average molecular weight is 308 g/mol. The minimum atomic E-state index is -4.45. The van der Waals surface area contributed by atoms with E-state index in [1.165, 1.54) is 6.20 Å². The molecule has 0 atom stereocenters. The lowest BCUT2D eigenvalue weighted by Gasteiger charge is -2.07. The molecule has 0 aliphatic rings. The Morgan fingerprint density at radius 1 is 1.33 bits per heavy atom. The summed E-state index contributed by atoms with van der Waals surface area (Å²) in [7, 11) is 0. The van der Waals surface area contributed by atoms with Gasteiger partial charge in [-0.3, -0.25) is 9.59 Å². The minimum absolute atomic E-state index is 0.0635. The van der Waals surface area contributed by atoms with Crippen molar-refractivity contribution in [3.63, 3.8) is 0 Å². The number of aliphatic carboxylic acids is 1. The Hall–Kier alpha value is -2.13. The van der Waals surface area contributed by atoms with Crippen LogP contribution in [-0.4, -0.2) is 44.7 Å². The van der Waals surface area contributed by atoms with Crippen molar-refractivity contribution in [2.75, 3.05) is 6.54 Å². The molecule has 21 heavy (non-hydrogen) atoms. The first-order valence-corrected chi connectivity index (χ1v) is 6.20. The van der Waals surface area contributed by atoms with Gasteiger partial charge in [-0.2, -0.15) is 13.2 Å². The van der Waals surface area contributed by atoms with E-state index in [9.17, 15) is 22.8 Å². The number of carbonyl (C=O) groups excluding carboxylic acids is 1. The topological polar surface area (TPSA) is 97.1 Å². The quantitative estimate of drug-likeness (QED) is 0.691. The van der Waals surface area contributed by atoms with Crippen molar-refractivity contribution in [1.29, 1.82) is 0 Å². The molecule has 0 saturated carbocycles. The number of amides is 1. The number of carboxylic acid groups (broad SMARTS) is 1. The Balaban J connectivity index is 2.31. The fraction of sp³-hybridized carbons (Fsp3) is 0.636. The summed E-state index contributed by atoms with van der Waals surface area (Å²) in [5.74, 6) is -1.69. The molecule has 0 saturated heterocycles. The zero-order valence-electron chi connectivity index (χ0n) is 11.1. The van der Waals surface area contributed by atoms with Crippen molar-refractivity contribution in [2.45, 2.75) is 38.4 Å². The molecule has 0 aromatic carbocycles. The summed E-state index contributed by atoms with van der Waals surface area (Å²) in [4.78, 5) is 21.6. The highest BCUT2D eigenvalue weighted by molar-refractivity contribution is 5.75. The third kappa shape index (κ3) is 7.90. The van der Waals surface area contributed by atoms with Crippen LogP contribution in [-0.2, 0) is 22.6 Å². The Labute approximate surface area is 118 Å². The number of carbonyl (C=O) groups is 2. The van der Waals surface area contributed by atoms with Gasteiger partial charge in [0.2, 0.25) is 5.91 Å². The van der Waals surface area contributed by atoms with Crippen LogP contribution in [0.2, 0.25) is 0 Å². The van der Waals surface area contributed by atoms with Gasteiger partial charge >= 0.3 is 12.1 Å². The van der Waals surface area contributed by atoms with E-state index >= 15 is 0 Å². The van der Waals surface area contributed by atoms with Crippen molar-refractivity contribution in [3.8, 4) is 0 Å². The van der Waals surface area contributed by atoms with Crippen LogP contribution in [0.3, 0.4) is 0 Å². The molecule has 118 valence electrons. The molecule has 0 fully saturated rings. The molecule has 0 aliphatic heterocycles. The summed E-state index contributed by atoms with van der Waals surface area (Å²) in [5.41, 5.74) is 0.559. The van der Waals surface area contributed by atoms with E-state index in [2.05, 4.69) is 10.3 Å². The molecule has 1 heterocycles. The van der Waals surface area contributed by atoms with Crippen molar-refractivity contribution in [3.05, 3.63) is 11.9 Å². The standard InChI is InChI=1S/C11H15F3N4O3/c12-11(13,14)7-15-9(19)6-18-5-8(16-17-18)3-1-2-4-10(20)21/h5H,1-4,6-7H2,(H,15,19)(H,20,21). The number of alkyl halides is 3. The van der Waals surface area contributed by atoms with E-state index in [4.69, 9.17) is 5.11 Å². The van der Waals surface area contributed by atoms with Crippen LogP contribution in [0.5, 0.6) is 0 Å². The van der Waals surface area contributed by atoms with Gasteiger partial charge in [-0.05, 0) is 19.3 Å². The molecule has 1 amide bonds. The molecular weight excluding hydrogens is 293 g/mol. The van der Waals surface area contributed by atoms with Gasteiger partial charge in [-0.1, -0.05) is 5.21 Å². The van der Waals surface area contributed by atoms with Crippen LogP contribution < -0.4 is 5.32 Å². The first-order chi connectivity index (χ1) is 9.76. The lowest BCUT2D eigenvalue weighted by Crippen LogP contribution is -2.35. The largest absolute Gasteiger partial charge is 0.481 e. The van der Waals surface area contributed by atoms with Gasteiger partial charge in [0.15, 0.2) is 0 Å². The predicted molar refractivity (Wildman–Crippen MR) is 64.3 cm³/mol. The fourth-order valence-corrected chi connectivity index (χ4v) is 1.51. The van der Waals surface area contributed by atoms with Gasteiger partial charge < -0.3 is 10.4 Å². The molecule has 1 aromatic rings. The Bertz CT molecular complexity index is 487. The van der Waals surface area contributed by atoms with Crippen LogP contribution in [0.25, 0.3) is 0 Å². The highest BCUT2D eigenvalue weighted by Crippen LogP contribution is 2.12. The fourth-order valence-electron chi connectivity index (χ4n) is 1.51. The number of unbranched alkanes of at least 4 members (excludes halogenated alkanes) is 1. The first kappa shape index (κ1) is 16.9. The maximum atomic E-state index is 11.9. The Kier molecular flexibility index (Phi) is 6.12. The second-order valence-electron chi connectivity index (χ2n) is 4.40. The molecule has 2 N–H and O–H groups in total. The van der Waals surface area contributed by atoms with E-state index in [0.717, 1.165) is 4.68 Å². The second kappa shape index (κ2) is 7.60. The zero-order valence-corrected chi connectivity index (χ0v) is 11.1. The highest BCUT2D eigenvalue weighted by atomic mass is 19.4. The number of aromatic nitrogens is 3. The molecule has 0 radical (unpaired) electrons. The van der Waals surface area contributed by atoms with Gasteiger partial charge in [-0.15, -0.1) is 5.10 Å². The summed E-state index contributed by atoms with van der Waals surface area (Å²) in [5, 5.41) is 17.6. The maximum Gasteiger partial charge on any atom is 0.405 e. The summed E-state index contributed by atoms with van der Waals surface area (Å²) in [6.07, 6.45) is -1.34. The third-order valence-corrected chi connectivity index (χ3v) is 2.45. The smallest absolute Gasteiger partial charge is 0.405 e. The summed E-state index contributed by atoms with van der Waals surface area (Å²) >= 11 is 0. The predicted octanol–water partition coefficient (Wildman–Crippen LogP) is 0.754. The molecule has 0 spiro atoms. The highest BCUT2D eigenvalue weighted by Gasteiger charge is 2.27. The van der Waals surface area contributed by atoms with Crippen LogP contribution >= 0.6 is 0 Å². The zero-order chi connectivity index (χ0) is 15.9. The Morgan fingerprint density at radius 3 is 2.67 bits per heavy atom. The average Bonchev–Trinajstić information content (AvgIpc) is 2.79. The normalized spacial score (nSPS) is 11.4. The lowest BCUT2D eigenvalue weighted by atomic mass is 10.1. The van der Waals surface area contributed by atoms with E-state index in [1.807, 2.05) is 0 Å². The number of nitrogens with zero attached hydrogens (tertiary/aromatic N) is 3. The monoisotopic (exact) mass is 308 g/mol. The molecule has 0 bridgehead atoms. The number of carboxylic acids is 1. The lowest BCUT2D eigenvalue weighted by molar-refractivity contribution is -0.138. The second-order valence-corrected chi connectivity index (χ2v) is 4.40. The van der Waals surface area contributed by atoms with Gasteiger partial charge in [-0.25, -0.2) is 4.68 Å². The molecule has 0 aliphatic carbocycles. The molecule has 7 nitrogen and oxygen atoms in total. The van der Waals surface area contributed by atoms with E-state index in [0.29, 0.717) is 25.0 Å². The Morgan fingerprint density at radius 2 is 2.05 bits per heavy atom. The van der Waals surface area contributed by atoms with Crippen LogP contribution in [0.15, 0.2) is 6.20 Å². The molecule has 1 rings (SSSR count). The number of rotatable bonds is 8. The molecule has 10 heteroatoms. The van der Waals surface area contributed by atoms with Gasteiger partial charge in [0.05, 0.1) is 5.69 Å². The summed E-state index contributed by atoms with van der Waals surface area (Å²) in [6, 6.07) is 0. The molecule has 0 unspecified atom stereocenters. The molecule has 1 aromatic heterocycles. The number of hydrogen-bond donors (Lipinski definition) is 2. The summed E-state index contributed by atoms with van der Waals surface area (Å²) in [6.45, 7) is -1.74. The van der Waals surface area contributed by atoms with Crippen LogP contribution in [0.4, 0.5) is 13.2 Å². The van der Waals surface area contributed by atoms with Crippen molar-refractivity contribution >= 4 is 11.9 Å². The molecular formula is C11H15F3N4O3. The van der Waals surface area contributed by atoms with Crippen LogP contribution in [0.1, 0.15) is 25.0 Å². The van der Waals surface area contributed by atoms with Gasteiger partial charge in [0, 0.05) is 12.6 Å². The SMILES string of the molecule is O=C(O)CCCCc1cn(CC(=O)NCC(F)(F)F)nn1. The van der Waals surface area contributed by atoms with Crippen molar-refractivity contribution in [1.82, 2.24) is 20.3 Å². The van der Waals surface area contributed by atoms with E-state index in [-0.39, 0.29) is 13.0 Å². The van der Waals surface area contributed by atoms with E-state index < -0.39 is 24.6 Å². The number of nitrogens with one attached hydrogen (secondary N) is 1. The number of aryl methyl sites for hydroxylation is 1. The number of halogens is 3. The van der Waals surface area contributed by atoms with Crippen molar-refractivity contribution < 1.29 is 27.9 Å². The van der Waals surface area contributed by atoms with Crippen molar-refractivity contribution in [2.24, 2.45) is 0 Å². The third-order valence-electron chi connectivity index (χ3n) is 2.45. The minimum Gasteiger partial charge on any atom is -0.481 e. The van der Waals surface area contributed by atoms with Gasteiger partial charge in [0.1, 0.15) is 13.1 Å². The van der Waals surface area contributed by atoms with Crippen LogP contribution in [0, 0.1) is 0 Å². The summed E-state index contributed by atoms with van der Waals surface area (Å²) < 4.78 is 36.8. The first-order valence-electron chi connectivity index (χ1n) is 6.20. The number of hydrogen-bond acceptors (Lipinski definition) is 4. The van der Waals surface area contributed by atoms with Gasteiger partial charge in [0.25, 0.3) is 0 Å². The maximum absolute atomic E-state index is 11.9. The van der Waals surface area contributed by atoms with E-state index in [1.54, 1.807) is 5.32 Å².